The first-order chi connectivity index (χ1) is 9.82. The minimum absolute atomic E-state index is 0.0744. The number of halogens is 3. The molecule has 1 aliphatic heterocycles. The van der Waals surface area contributed by atoms with Gasteiger partial charge < -0.3 is 20.7 Å². The van der Waals surface area contributed by atoms with Crippen molar-refractivity contribution in [2.45, 2.75) is 24.4 Å². The van der Waals surface area contributed by atoms with Crippen molar-refractivity contribution in [3.05, 3.63) is 22.2 Å². The number of hydrogen-bond donors (Lipinski definition) is 3. The van der Waals surface area contributed by atoms with Gasteiger partial charge in [-0.15, -0.1) is 0 Å². The predicted molar refractivity (Wildman–Crippen MR) is 75.8 cm³/mol. The Morgan fingerprint density at radius 1 is 1.62 bits per heavy atom. The molecule has 3 atom stereocenters. The molecule has 0 saturated carbocycles. The summed E-state index contributed by atoms with van der Waals surface area (Å²) in [6.07, 6.45) is -4.86. The van der Waals surface area contributed by atoms with Crippen LogP contribution in [0.2, 0.25) is 0 Å². The van der Waals surface area contributed by atoms with Crippen LogP contribution in [0.4, 0.5) is 14.6 Å². The Bertz CT molecular complexity index is 670. The molecule has 1 aromatic heterocycles. The lowest BCUT2D eigenvalue weighted by Crippen LogP contribution is -2.42. The van der Waals surface area contributed by atoms with E-state index in [1.807, 2.05) is 0 Å². The summed E-state index contributed by atoms with van der Waals surface area (Å²) in [6, 6.07) is 0. The van der Waals surface area contributed by atoms with Crippen LogP contribution in [0.15, 0.2) is 11.0 Å². The summed E-state index contributed by atoms with van der Waals surface area (Å²) in [5.41, 5.74) is 4.48. The molecule has 1 saturated heterocycles. The second-order valence-corrected chi connectivity index (χ2v) is 4.82. The lowest BCUT2D eigenvalue weighted by molar-refractivity contribution is -0.141. The van der Waals surface area contributed by atoms with Crippen LogP contribution in [0.25, 0.3) is 0 Å². The SMILES string of the molecule is Nc1nc(=O)n(C2OC(CO)C(O)C2(F)F)cc1C#CI. The Hall–Kier alpha value is -1.29. The highest BCUT2D eigenvalue weighted by Crippen LogP contribution is 2.42. The van der Waals surface area contributed by atoms with E-state index in [9.17, 15) is 18.7 Å². The molecule has 114 valence electrons. The third-order valence-corrected chi connectivity index (χ3v) is 3.24. The molecule has 1 fully saturated rings. The second-order valence-electron chi connectivity index (χ2n) is 4.28. The van der Waals surface area contributed by atoms with Crippen LogP contribution in [0.1, 0.15) is 11.8 Å². The molecule has 2 heterocycles. The summed E-state index contributed by atoms with van der Waals surface area (Å²) in [7, 11) is 0. The Morgan fingerprint density at radius 2 is 2.29 bits per heavy atom. The number of rotatable bonds is 2. The lowest BCUT2D eigenvalue weighted by atomic mass is 10.1. The molecule has 0 spiro atoms. The maximum absolute atomic E-state index is 14.0. The predicted octanol–water partition coefficient (Wildman–Crippen LogP) is -0.545. The van der Waals surface area contributed by atoms with Crippen LogP contribution >= 0.6 is 22.6 Å². The van der Waals surface area contributed by atoms with Crippen molar-refractivity contribution in [1.29, 1.82) is 0 Å². The van der Waals surface area contributed by atoms with Crippen molar-refractivity contribution < 1.29 is 23.7 Å². The van der Waals surface area contributed by atoms with E-state index in [4.69, 9.17) is 15.6 Å². The number of nitrogens with two attached hydrogens (primary N) is 1. The summed E-state index contributed by atoms with van der Waals surface area (Å²) >= 11 is 1.71. The van der Waals surface area contributed by atoms with Gasteiger partial charge in [0.05, 0.1) is 12.2 Å². The minimum Gasteiger partial charge on any atom is -0.394 e. The number of aromatic nitrogens is 2. The number of alkyl halides is 2. The monoisotopic (exact) mass is 413 g/mol. The average molecular weight is 413 g/mol. The molecule has 1 aliphatic rings. The van der Waals surface area contributed by atoms with E-state index in [2.05, 4.69) is 14.8 Å². The minimum atomic E-state index is -3.77. The van der Waals surface area contributed by atoms with Gasteiger partial charge in [-0.05, 0) is 3.93 Å². The highest BCUT2D eigenvalue weighted by Gasteiger charge is 2.59. The normalized spacial score (nSPS) is 27.2. The zero-order valence-corrected chi connectivity index (χ0v) is 12.5. The molecule has 0 aliphatic carbocycles. The fourth-order valence-electron chi connectivity index (χ4n) is 1.92. The summed E-state index contributed by atoms with van der Waals surface area (Å²) in [5, 5.41) is 18.4. The highest BCUT2D eigenvalue weighted by molar-refractivity contribution is 14.1. The van der Waals surface area contributed by atoms with E-state index < -0.39 is 36.7 Å². The van der Waals surface area contributed by atoms with Crippen molar-refractivity contribution >= 4 is 28.4 Å². The van der Waals surface area contributed by atoms with Gasteiger partial charge in [0.15, 0.2) is 6.10 Å². The Labute approximate surface area is 130 Å². The number of aliphatic hydroxyl groups excluding tert-OH is 2. The van der Waals surface area contributed by atoms with Gasteiger partial charge in [0, 0.05) is 28.8 Å². The average Bonchev–Trinajstić information content (AvgIpc) is 2.65. The molecule has 2 rings (SSSR count). The van der Waals surface area contributed by atoms with Crippen molar-refractivity contribution in [1.82, 2.24) is 9.55 Å². The first-order valence-corrected chi connectivity index (χ1v) is 6.73. The maximum atomic E-state index is 14.0. The summed E-state index contributed by atoms with van der Waals surface area (Å²) in [5.74, 6) is -1.46. The van der Waals surface area contributed by atoms with E-state index in [0.29, 0.717) is 4.57 Å². The number of nitrogens with zero attached hydrogens (tertiary/aromatic N) is 2. The molecule has 1 aromatic rings. The van der Waals surface area contributed by atoms with E-state index in [1.165, 1.54) is 0 Å². The van der Waals surface area contributed by atoms with Gasteiger partial charge in [-0.3, -0.25) is 4.57 Å². The third-order valence-electron chi connectivity index (χ3n) is 2.98. The van der Waals surface area contributed by atoms with Gasteiger partial charge in [-0.1, -0.05) is 5.92 Å². The summed E-state index contributed by atoms with van der Waals surface area (Å²) in [6.45, 7) is -0.815. The van der Waals surface area contributed by atoms with Crippen LogP contribution in [-0.2, 0) is 4.74 Å². The summed E-state index contributed by atoms with van der Waals surface area (Å²) in [4.78, 5) is 15.1. The van der Waals surface area contributed by atoms with Gasteiger partial charge in [0.1, 0.15) is 11.9 Å². The quantitative estimate of drug-likeness (QED) is 0.444. The maximum Gasteiger partial charge on any atom is 0.351 e. The molecular formula is C11H10F2IN3O4. The Morgan fingerprint density at radius 3 is 2.81 bits per heavy atom. The molecule has 0 bridgehead atoms. The number of aliphatic hydroxyl groups is 2. The zero-order valence-electron chi connectivity index (χ0n) is 10.3. The topological polar surface area (TPSA) is 111 Å². The highest BCUT2D eigenvalue weighted by atomic mass is 127. The molecule has 4 N–H and O–H groups in total. The van der Waals surface area contributed by atoms with Crippen LogP contribution in [0, 0.1) is 9.85 Å². The molecule has 0 amide bonds. The number of hydrogen-bond acceptors (Lipinski definition) is 6. The molecule has 3 unspecified atom stereocenters. The van der Waals surface area contributed by atoms with E-state index in [1.54, 1.807) is 22.6 Å². The largest absolute Gasteiger partial charge is 0.394 e. The fraction of sp³-hybridized carbons (Fsp3) is 0.455. The zero-order chi connectivity index (χ0) is 15.8. The number of ether oxygens (including phenoxy) is 1. The van der Waals surface area contributed by atoms with E-state index in [0.717, 1.165) is 6.20 Å². The van der Waals surface area contributed by atoms with Gasteiger partial charge in [-0.25, -0.2) is 4.79 Å². The first kappa shape index (κ1) is 16.1. The third kappa shape index (κ3) is 2.73. The fourth-order valence-corrected chi connectivity index (χ4v) is 2.21. The van der Waals surface area contributed by atoms with E-state index in [-0.39, 0.29) is 11.4 Å². The van der Waals surface area contributed by atoms with Crippen molar-refractivity contribution in [3.63, 3.8) is 0 Å². The lowest BCUT2D eigenvalue weighted by Gasteiger charge is -2.21. The second kappa shape index (κ2) is 5.84. The van der Waals surface area contributed by atoms with Crippen LogP contribution in [0.5, 0.6) is 0 Å². The Kier molecular flexibility index (Phi) is 4.47. The van der Waals surface area contributed by atoms with Gasteiger partial charge in [0.25, 0.3) is 0 Å². The smallest absolute Gasteiger partial charge is 0.351 e. The van der Waals surface area contributed by atoms with Crippen molar-refractivity contribution in [2.75, 3.05) is 12.3 Å². The van der Waals surface area contributed by atoms with Crippen LogP contribution in [-0.4, -0.2) is 44.5 Å². The van der Waals surface area contributed by atoms with Gasteiger partial charge in [0.2, 0.25) is 6.23 Å². The van der Waals surface area contributed by atoms with Crippen molar-refractivity contribution in [3.8, 4) is 9.85 Å². The molecule has 7 nitrogen and oxygen atoms in total. The van der Waals surface area contributed by atoms with Gasteiger partial charge in [-0.2, -0.15) is 13.8 Å². The summed E-state index contributed by atoms with van der Waals surface area (Å²) < 4.78 is 35.8. The number of anilines is 1. The van der Waals surface area contributed by atoms with Crippen LogP contribution < -0.4 is 11.4 Å². The Balaban J connectivity index is 2.53. The first-order valence-electron chi connectivity index (χ1n) is 5.65. The standard InChI is InChI=1S/C11H10F2IN3O4/c12-11(13)7(19)6(4-18)21-9(11)17-3-5(1-2-14)8(15)16-10(17)20/h3,6-7,9,18-19H,4H2,(H2,15,16,20). The number of nitrogen functional groups attached to an aromatic ring is 1. The molecule has 0 radical (unpaired) electrons. The van der Waals surface area contributed by atoms with Crippen LogP contribution in [0.3, 0.4) is 0 Å². The molecule has 21 heavy (non-hydrogen) atoms. The molecule has 0 aromatic carbocycles. The molecule has 10 heteroatoms. The molecular weight excluding hydrogens is 403 g/mol. The van der Waals surface area contributed by atoms with Crippen molar-refractivity contribution in [2.24, 2.45) is 0 Å². The van der Waals surface area contributed by atoms with E-state index >= 15 is 0 Å². The van der Waals surface area contributed by atoms with Gasteiger partial charge >= 0.3 is 11.6 Å².